The summed E-state index contributed by atoms with van der Waals surface area (Å²) in [6.07, 6.45) is 0.267. The number of methoxy groups -OCH3 is 1. The molecule has 0 N–H and O–H groups in total. The average molecular weight is 369 g/mol. The lowest BCUT2D eigenvalue weighted by Gasteiger charge is -2.38. The zero-order valence-corrected chi connectivity index (χ0v) is 16.2. The fraction of sp³-hybridized carbons (Fsp3) is 0.409. The third-order valence-corrected chi connectivity index (χ3v) is 4.83. The molecule has 1 fully saturated rings. The van der Waals surface area contributed by atoms with E-state index in [0.717, 1.165) is 22.6 Å². The Morgan fingerprint density at radius 1 is 1.11 bits per heavy atom. The molecule has 0 saturated carbocycles. The van der Waals surface area contributed by atoms with E-state index >= 15 is 0 Å². The monoisotopic (exact) mass is 369 g/mol. The third-order valence-electron chi connectivity index (χ3n) is 4.83. The molecule has 2 atom stereocenters. The second-order valence-corrected chi connectivity index (χ2v) is 6.74. The molecule has 1 amide bonds. The van der Waals surface area contributed by atoms with Crippen LogP contribution in [0.3, 0.4) is 0 Å². The highest BCUT2D eigenvalue weighted by atomic mass is 16.5. The summed E-state index contributed by atoms with van der Waals surface area (Å²) in [7, 11) is 1.65. The van der Waals surface area contributed by atoms with Crippen molar-refractivity contribution in [3.8, 4) is 11.5 Å². The van der Waals surface area contributed by atoms with Crippen molar-refractivity contribution >= 4 is 5.91 Å². The molecule has 1 heterocycles. The van der Waals surface area contributed by atoms with Crippen LogP contribution in [-0.2, 0) is 16.0 Å². The zero-order chi connectivity index (χ0) is 19.2. The Morgan fingerprint density at radius 2 is 1.78 bits per heavy atom. The van der Waals surface area contributed by atoms with Crippen LogP contribution in [0.15, 0.2) is 48.5 Å². The average Bonchev–Trinajstić information content (AvgIpc) is 2.70. The van der Waals surface area contributed by atoms with E-state index in [4.69, 9.17) is 14.2 Å². The van der Waals surface area contributed by atoms with Crippen LogP contribution in [0.4, 0.5) is 0 Å². The Balaban J connectivity index is 1.65. The van der Waals surface area contributed by atoms with Crippen molar-refractivity contribution in [3.05, 3.63) is 59.7 Å². The van der Waals surface area contributed by atoms with Gasteiger partial charge in [-0.25, -0.2) is 0 Å². The minimum absolute atomic E-state index is 0.0645. The molecule has 1 aliphatic heterocycles. The van der Waals surface area contributed by atoms with Crippen molar-refractivity contribution in [2.75, 3.05) is 26.9 Å². The van der Waals surface area contributed by atoms with E-state index in [0.29, 0.717) is 26.2 Å². The molecule has 5 nitrogen and oxygen atoms in total. The molecule has 5 heteroatoms. The lowest BCUT2D eigenvalue weighted by molar-refractivity contribution is -0.143. The maximum Gasteiger partial charge on any atom is 0.227 e. The van der Waals surface area contributed by atoms with Gasteiger partial charge in [-0.3, -0.25) is 4.79 Å². The van der Waals surface area contributed by atoms with Gasteiger partial charge in [0, 0.05) is 0 Å². The van der Waals surface area contributed by atoms with Crippen LogP contribution >= 0.6 is 0 Å². The van der Waals surface area contributed by atoms with Gasteiger partial charge in [-0.05, 0) is 49.2 Å². The van der Waals surface area contributed by atoms with Crippen LogP contribution < -0.4 is 9.47 Å². The van der Waals surface area contributed by atoms with E-state index in [1.807, 2.05) is 67.3 Å². The number of benzene rings is 2. The molecule has 0 radical (unpaired) electrons. The van der Waals surface area contributed by atoms with Gasteiger partial charge in [0.15, 0.2) is 0 Å². The summed E-state index contributed by atoms with van der Waals surface area (Å²) < 4.78 is 16.6. The number of hydrogen-bond acceptors (Lipinski definition) is 4. The van der Waals surface area contributed by atoms with E-state index in [2.05, 4.69) is 0 Å². The summed E-state index contributed by atoms with van der Waals surface area (Å²) in [6.45, 7) is 5.71. The molecular formula is C22H27NO4. The first kappa shape index (κ1) is 19.2. The van der Waals surface area contributed by atoms with E-state index in [-0.39, 0.29) is 18.1 Å². The van der Waals surface area contributed by atoms with E-state index in [1.54, 1.807) is 7.11 Å². The van der Waals surface area contributed by atoms with Crippen molar-refractivity contribution in [3.63, 3.8) is 0 Å². The largest absolute Gasteiger partial charge is 0.497 e. The first-order valence-corrected chi connectivity index (χ1v) is 9.37. The smallest absolute Gasteiger partial charge is 0.227 e. The number of ether oxygens (including phenoxy) is 3. The van der Waals surface area contributed by atoms with E-state index in [1.165, 1.54) is 0 Å². The van der Waals surface area contributed by atoms with Crippen molar-refractivity contribution < 1.29 is 19.0 Å². The minimum Gasteiger partial charge on any atom is -0.497 e. The molecule has 0 bridgehead atoms. The van der Waals surface area contributed by atoms with Crippen molar-refractivity contribution in [1.29, 1.82) is 0 Å². The van der Waals surface area contributed by atoms with Crippen molar-refractivity contribution in [1.82, 2.24) is 4.90 Å². The Morgan fingerprint density at radius 3 is 2.41 bits per heavy atom. The van der Waals surface area contributed by atoms with Crippen LogP contribution in [-0.4, -0.2) is 43.7 Å². The van der Waals surface area contributed by atoms with Crippen molar-refractivity contribution in [2.24, 2.45) is 0 Å². The number of rotatable bonds is 6. The maximum atomic E-state index is 12.9. The second-order valence-electron chi connectivity index (χ2n) is 6.74. The number of morpholine rings is 1. The number of hydrogen-bond donors (Lipinski definition) is 0. The molecule has 1 aliphatic rings. The van der Waals surface area contributed by atoms with Gasteiger partial charge >= 0.3 is 0 Å². The Labute approximate surface area is 160 Å². The van der Waals surface area contributed by atoms with E-state index in [9.17, 15) is 4.79 Å². The summed E-state index contributed by atoms with van der Waals surface area (Å²) in [5.41, 5.74) is 2.05. The quantitative estimate of drug-likeness (QED) is 0.780. The first-order chi connectivity index (χ1) is 13.1. The SMILES string of the molecule is CCOc1ccc(CC(=O)N2CC(c3ccc(OC)cc3)OCC2C)cc1. The summed E-state index contributed by atoms with van der Waals surface area (Å²) in [4.78, 5) is 14.8. The molecule has 3 rings (SSSR count). The molecular weight excluding hydrogens is 342 g/mol. The van der Waals surface area contributed by atoms with Gasteiger partial charge in [-0.2, -0.15) is 0 Å². The number of carbonyl (C=O) groups is 1. The van der Waals surface area contributed by atoms with Gasteiger partial charge in [0.1, 0.15) is 17.6 Å². The highest BCUT2D eigenvalue weighted by molar-refractivity contribution is 5.79. The molecule has 1 saturated heterocycles. The highest BCUT2D eigenvalue weighted by Gasteiger charge is 2.30. The topological polar surface area (TPSA) is 48.0 Å². The minimum atomic E-state index is -0.114. The molecule has 2 aromatic carbocycles. The molecule has 0 aliphatic carbocycles. The fourth-order valence-corrected chi connectivity index (χ4v) is 3.27. The van der Waals surface area contributed by atoms with Gasteiger partial charge in [-0.1, -0.05) is 24.3 Å². The van der Waals surface area contributed by atoms with Gasteiger partial charge in [0.2, 0.25) is 5.91 Å². The molecule has 27 heavy (non-hydrogen) atoms. The van der Waals surface area contributed by atoms with Gasteiger partial charge < -0.3 is 19.1 Å². The Bertz CT molecular complexity index is 742. The Hall–Kier alpha value is -2.53. The lowest BCUT2D eigenvalue weighted by atomic mass is 10.0. The molecule has 144 valence electrons. The Kier molecular flexibility index (Phi) is 6.35. The molecule has 0 aromatic heterocycles. The first-order valence-electron chi connectivity index (χ1n) is 9.37. The van der Waals surface area contributed by atoms with Crippen LogP contribution in [0.5, 0.6) is 11.5 Å². The van der Waals surface area contributed by atoms with Crippen LogP contribution in [0.2, 0.25) is 0 Å². The summed E-state index contributed by atoms with van der Waals surface area (Å²) in [6, 6.07) is 15.6. The van der Waals surface area contributed by atoms with Crippen LogP contribution in [0.1, 0.15) is 31.1 Å². The number of nitrogens with zero attached hydrogens (tertiary/aromatic N) is 1. The summed E-state index contributed by atoms with van der Waals surface area (Å²) in [5.74, 6) is 1.76. The van der Waals surface area contributed by atoms with Gasteiger partial charge in [0.25, 0.3) is 0 Å². The maximum absolute atomic E-state index is 12.9. The van der Waals surface area contributed by atoms with Crippen LogP contribution in [0.25, 0.3) is 0 Å². The highest BCUT2D eigenvalue weighted by Crippen LogP contribution is 2.27. The van der Waals surface area contributed by atoms with Crippen molar-refractivity contribution in [2.45, 2.75) is 32.4 Å². The normalized spacial score (nSPS) is 19.6. The predicted molar refractivity (Wildman–Crippen MR) is 104 cm³/mol. The lowest BCUT2D eigenvalue weighted by Crippen LogP contribution is -2.48. The number of carbonyl (C=O) groups excluding carboxylic acids is 1. The predicted octanol–water partition coefficient (Wildman–Crippen LogP) is 3.63. The standard InChI is InChI=1S/C22H27NO4/c1-4-26-20-9-5-17(6-10-20)13-22(24)23-14-21(27-15-16(23)2)18-7-11-19(25-3)12-8-18/h5-12,16,21H,4,13-15H2,1-3H3. The second kappa shape index (κ2) is 8.91. The van der Waals surface area contributed by atoms with Crippen LogP contribution in [0, 0.1) is 0 Å². The number of amides is 1. The zero-order valence-electron chi connectivity index (χ0n) is 16.2. The fourth-order valence-electron chi connectivity index (χ4n) is 3.27. The molecule has 0 spiro atoms. The van der Waals surface area contributed by atoms with Gasteiger partial charge in [-0.15, -0.1) is 0 Å². The molecule has 2 aromatic rings. The van der Waals surface area contributed by atoms with Gasteiger partial charge in [0.05, 0.1) is 39.3 Å². The third kappa shape index (κ3) is 4.80. The molecule has 2 unspecified atom stereocenters. The van der Waals surface area contributed by atoms with E-state index < -0.39 is 0 Å². The summed E-state index contributed by atoms with van der Waals surface area (Å²) in [5, 5.41) is 0. The summed E-state index contributed by atoms with van der Waals surface area (Å²) >= 11 is 0.